The molecule has 4 amide bonds. The number of alkyl halides is 6. The van der Waals surface area contributed by atoms with E-state index in [1.165, 1.54) is 60.7 Å². The van der Waals surface area contributed by atoms with Crippen molar-refractivity contribution in [3.05, 3.63) is 222 Å². The number of nitrogens with one attached hydrogen (secondary N) is 1. The lowest BCUT2D eigenvalue weighted by atomic mass is 9.80. The Morgan fingerprint density at radius 2 is 0.735 bits per heavy atom. The van der Waals surface area contributed by atoms with Gasteiger partial charge in [-0.1, -0.05) is 84.9 Å². The minimum atomic E-state index is -5.20. The van der Waals surface area contributed by atoms with E-state index in [9.17, 15) is 9.59 Å². The van der Waals surface area contributed by atoms with Gasteiger partial charge in [0.2, 0.25) is 0 Å². The molecule has 0 bridgehead atoms. The van der Waals surface area contributed by atoms with Crippen molar-refractivity contribution in [1.29, 1.82) is 0 Å². The molecule has 4 aliphatic rings. The number of nitrogens with zero attached hydrogens (tertiary/aromatic N) is 2. The zero-order valence-corrected chi connectivity index (χ0v) is 51.1. The van der Waals surface area contributed by atoms with E-state index in [1.807, 2.05) is 0 Å². The van der Waals surface area contributed by atoms with Crippen LogP contribution in [0, 0.1) is 0 Å². The summed E-state index contributed by atoms with van der Waals surface area (Å²) in [6, 6.07) is 43.3. The number of esters is 2. The smallest absolute Gasteiger partial charge is 0.391 e. The summed E-state index contributed by atoms with van der Waals surface area (Å²) in [6.45, 7) is 1.65. The van der Waals surface area contributed by atoms with Crippen LogP contribution in [0.2, 0.25) is 0 Å². The van der Waals surface area contributed by atoms with Gasteiger partial charge in [-0.05, 0) is 128 Å². The van der Waals surface area contributed by atoms with Crippen LogP contribution in [-0.4, -0.2) is 102 Å². The van der Waals surface area contributed by atoms with Crippen LogP contribution in [0.3, 0.4) is 0 Å². The summed E-state index contributed by atoms with van der Waals surface area (Å²) in [6.07, 6.45) is -13.1. The Balaban J connectivity index is 0.994. The molecule has 0 spiro atoms. The van der Waals surface area contributed by atoms with Crippen LogP contribution in [0.25, 0.3) is 43.1 Å². The molecule has 492 valence electrons. The van der Waals surface area contributed by atoms with Crippen molar-refractivity contribution < 1.29 is 93.0 Å². The molecule has 4 heterocycles. The van der Waals surface area contributed by atoms with Crippen LogP contribution in [0.4, 0.5) is 32.0 Å². The monoisotopic (exact) mass is 1330 g/mol. The summed E-state index contributed by atoms with van der Waals surface area (Å²) < 4.78 is 140. The molecular formula is C75H51F6N3O14. The van der Waals surface area contributed by atoms with Crippen LogP contribution >= 0.6 is 0 Å². The van der Waals surface area contributed by atoms with Crippen molar-refractivity contribution in [1.82, 2.24) is 9.80 Å². The summed E-state index contributed by atoms with van der Waals surface area (Å²) in [4.78, 5) is 92.8. The van der Waals surface area contributed by atoms with E-state index in [0.717, 1.165) is 5.56 Å². The number of fused-ring (bicyclic) bond motifs is 2. The van der Waals surface area contributed by atoms with Crippen molar-refractivity contribution in [2.45, 2.75) is 62.3 Å². The first-order chi connectivity index (χ1) is 47.3. The van der Waals surface area contributed by atoms with Crippen LogP contribution in [0.15, 0.2) is 194 Å². The summed E-state index contributed by atoms with van der Waals surface area (Å²) in [5.74, 6) is -9.72. The summed E-state index contributed by atoms with van der Waals surface area (Å²) in [7, 11) is 0. The second kappa shape index (κ2) is 24.9. The van der Waals surface area contributed by atoms with Gasteiger partial charge in [-0.3, -0.25) is 29.0 Å². The Bertz CT molecular complexity index is 4470. The Hall–Kier alpha value is -11.6. The molecular weight excluding hydrogens is 1280 g/mol. The van der Waals surface area contributed by atoms with Crippen LogP contribution in [-0.2, 0) is 25.5 Å². The number of anilines is 1. The van der Waals surface area contributed by atoms with Gasteiger partial charge in [0.05, 0.1) is 60.5 Å². The molecule has 11 aromatic carbocycles. The Morgan fingerprint density at radius 3 is 1.04 bits per heavy atom. The topological polar surface area (TPSA) is 201 Å². The number of halogens is 6. The van der Waals surface area contributed by atoms with Crippen LogP contribution in [0.1, 0.15) is 66.3 Å². The van der Waals surface area contributed by atoms with Crippen LogP contribution in [0.5, 0.6) is 57.5 Å². The highest BCUT2D eigenvalue weighted by Gasteiger charge is 2.51. The molecule has 1 N–H and O–H groups in total. The largest absolute Gasteiger partial charge is 0.457 e. The predicted molar refractivity (Wildman–Crippen MR) is 344 cm³/mol. The minimum Gasteiger partial charge on any atom is -0.457 e. The van der Waals surface area contributed by atoms with Gasteiger partial charge in [0.1, 0.15) is 69.6 Å². The number of aryl methyl sites for hydroxylation is 1. The molecule has 2 fully saturated rings. The maximum atomic E-state index is 15.8. The highest BCUT2D eigenvalue weighted by Crippen LogP contribution is 2.58. The number of hydrogen-bond donors (Lipinski definition) is 1. The average molecular weight is 1330 g/mol. The van der Waals surface area contributed by atoms with Gasteiger partial charge in [0.25, 0.3) is 23.6 Å². The number of carbonyl (C=O) groups is 6. The van der Waals surface area contributed by atoms with Gasteiger partial charge in [-0.2, -0.15) is 26.3 Å². The van der Waals surface area contributed by atoms with E-state index in [4.69, 9.17) is 37.9 Å². The first-order valence-corrected chi connectivity index (χ1v) is 31.1. The molecule has 0 saturated carbocycles. The molecule has 23 heteroatoms. The summed E-state index contributed by atoms with van der Waals surface area (Å²) >= 11 is 0. The SMILES string of the molecule is O=C(Oc1ccc(CCC2CO2)cc1)C(CC(F)(F)F)N1C(=O)c2cc(Oc3ccccc3)c3c4c(Oc5ccccc5)cc5c6c(cc(Oc7ccccc7)c(c7c(Oc8ccccc8)cc(c2c37)C1=O)c64)C(=O)N(C(CC(F)(F)F)C(=O)Oc1ccc(NCC2CO2)cc1)C5=O. The van der Waals surface area contributed by atoms with Gasteiger partial charge in [0, 0.05) is 55.3 Å². The van der Waals surface area contributed by atoms with Gasteiger partial charge >= 0.3 is 24.3 Å². The summed E-state index contributed by atoms with van der Waals surface area (Å²) in [5, 5.41) is 2.47. The molecule has 0 radical (unpaired) electrons. The molecule has 4 aliphatic heterocycles. The van der Waals surface area contributed by atoms with E-state index < -0.39 is 95.1 Å². The number of para-hydroxylation sites is 4. The number of carbonyl (C=O) groups excluding carboxylic acids is 6. The summed E-state index contributed by atoms with van der Waals surface area (Å²) in [5.41, 5.74) is -0.431. The minimum absolute atomic E-state index is 0.00347. The number of imide groups is 2. The standard InChI is InChI=1S/C75H51F6N3O14/c76-74(77,78)35-54(72(89)97-46-26-21-40(22-27-46)23-28-48-38-91-48)83-68(85)50-31-56(93-42-13-5-1-6-14-42)62-64-58(95-44-17-9-3-10-18-44)33-52-61-53(71(88)84(70(52)87)55(36-75(79,80)81)73(90)98-47-29-24-41(25-30-47)82-37-49-39-92-49)34-59(96-45-19-11-4-12-20-45)65(67(61)64)63-57(94-43-15-7-2-8-16-43)32-51(69(83)86)60(50)66(62)63/h1-22,24-27,29-34,48-49,54-55,82H,23,28,35-39H2. The lowest BCUT2D eigenvalue weighted by Crippen LogP contribution is -2.53. The molecule has 98 heavy (non-hydrogen) atoms. The molecule has 0 aromatic heterocycles. The maximum absolute atomic E-state index is 15.8. The van der Waals surface area contributed by atoms with Gasteiger partial charge < -0.3 is 43.2 Å². The number of ether oxygens (including phenoxy) is 8. The maximum Gasteiger partial charge on any atom is 0.391 e. The van der Waals surface area contributed by atoms with Gasteiger partial charge in [0.15, 0.2) is 0 Å². The number of amides is 4. The number of benzene rings is 11. The highest BCUT2D eigenvalue weighted by molar-refractivity contribution is 6.45. The van der Waals surface area contributed by atoms with E-state index >= 15 is 45.5 Å². The highest BCUT2D eigenvalue weighted by atomic mass is 19.4. The van der Waals surface area contributed by atoms with E-state index in [-0.39, 0.29) is 123 Å². The molecule has 4 atom stereocenters. The van der Waals surface area contributed by atoms with Gasteiger partial charge in [-0.15, -0.1) is 0 Å². The molecule has 0 aliphatic carbocycles. The number of rotatable bonds is 22. The first-order valence-electron chi connectivity index (χ1n) is 31.1. The Morgan fingerprint density at radius 1 is 0.418 bits per heavy atom. The zero-order valence-electron chi connectivity index (χ0n) is 51.1. The Labute approximate surface area is 551 Å². The van der Waals surface area contributed by atoms with E-state index in [1.54, 1.807) is 133 Å². The zero-order chi connectivity index (χ0) is 67.7. The lowest BCUT2D eigenvalue weighted by Gasteiger charge is -2.35. The quantitative estimate of drug-likeness (QED) is 0.0128. The predicted octanol–water partition coefficient (Wildman–Crippen LogP) is 16.1. The van der Waals surface area contributed by atoms with Crippen molar-refractivity contribution in [2.75, 3.05) is 25.1 Å². The molecule has 11 aromatic rings. The fourth-order valence-corrected chi connectivity index (χ4v) is 12.6. The lowest BCUT2D eigenvalue weighted by molar-refractivity contribution is -0.160. The van der Waals surface area contributed by atoms with E-state index in [0.29, 0.717) is 38.3 Å². The van der Waals surface area contributed by atoms with E-state index in [2.05, 4.69) is 5.32 Å². The van der Waals surface area contributed by atoms with Crippen molar-refractivity contribution in [2.24, 2.45) is 0 Å². The third kappa shape index (κ3) is 12.3. The normalized spacial score (nSPS) is 16.3. The second-order valence-corrected chi connectivity index (χ2v) is 23.8. The first kappa shape index (κ1) is 62.5. The fourth-order valence-electron chi connectivity index (χ4n) is 12.6. The average Bonchev–Trinajstić information content (AvgIpc) is 1.30. The molecule has 4 unspecified atom stereocenters. The van der Waals surface area contributed by atoms with Crippen LogP contribution < -0.4 is 33.7 Å². The fraction of sp³-hybridized carbons (Fsp3) is 0.173. The van der Waals surface area contributed by atoms with Crippen molar-refractivity contribution in [3.8, 4) is 57.5 Å². The molecule has 17 nitrogen and oxygen atoms in total. The van der Waals surface area contributed by atoms with Crippen molar-refractivity contribution in [3.63, 3.8) is 0 Å². The third-order valence-electron chi connectivity index (χ3n) is 17.2. The number of hydrogen-bond acceptors (Lipinski definition) is 15. The van der Waals surface area contributed by atoms with Gasteiger partial charge in [-0.25, -0.2) is 9.59 Å². The van der Waals surface area contributed by atoms with Crippen molar-refractivity contribution >= 4 is 84.3 Å². The second-order valence-electron chi connectivity index (χ2n) is 23.8. The molecule has 2 saturated heterocycles. The molecule has 15 rings (SSSR count). The Kier molecular flexibility index (Phi) is 15.9. The number of epoxide rings is 2. The third-order valence-corrected chi connectivity index (χ3v) is 17.2.